The lowest BCUT2D eigenvalue weighted by molar-refractivity contribution is 0.0771. The number of hydrogen-bond acceptors (Lipinski definition) is 3. The maximum atomic E-state index is 9.29. The van der Waals surface area contributed by atoms with Gasteiger partial charge in [-0.15, -0.1) is 0 Å². The molecular weight excluding hydrogens is 226 g/mol. The van der Waals surface area contributed by atoms with E-state index in [-0.39, 0.29) is 0 Å². The fourth-order valence-corrected chi connectivity index (χ4v) is 2.60. The molecule has 1 aliphatic rings. The molecule has 100 valence electrons. The van der Waals surface area contributed by atoms with Gasteiger partial charge in [0.1, 0.15) is 5.75 Å². The Bertz CT molecular complexity index is 363. The van der Waals surface area contributed by atoms with E-state index < -0.39 is 0 Å². The Morgan fingerprint density at radius 3 is 2.61 bits per heavy atom. The molecule has 0 saturated carbocycles. The molecule has 1 N–H and O–H groups in total. The van der Waals surface area contributed by atoms with E-state index >= 15 is 0 Å². The van der Waals surface area contributed by atoms with Gasteiger partial charge in [0, 0.05) is 25.7 Å². The Morgan fingerprint density at radius 1 is 1.28 bits per heavy atom. The first kappa shape index (κ1) is 13.4. The van der Waals surface area contributed by atoms with Gasteiger partial charge >= 0.3 is 0 Å². The van der Waals surface area contributed by atoms with Crippen LogP contribution in [0.4, 0.5) is 0 Å². The lowest BCUT2D eigenvalue weighted by atomic mass is 9.93. The van der Waals surface area contributed by atoms with Crippen LogP contribution in [0.2, 0.25) is 0 Å². The van der Waals surface area contributed by atoms with Crippen molar-refractivity contribution in [3.8, 4) is 5.75 Å². The van der Waals surface area contributed by atoms with Crippen molar-refractivity contribution in [2.24, 2.45) is 5.92 Å². The summed E-state index contributed by atoms with van der Waals surface area (Å²) < 4.78 is 5.17. The minimum Gasteiger partial charge on any atom is -0.497 e. The summed E-state index contributed by atoms with van der Waals surface area (Å²) in [5.74, 6) is 1.35. The molecule has 1 aromatic rings. The van der Waals surface area contributed by atoms with E-state index in [1.807, 2.05) is 12.1 Å². The van der Waals surface area contributed by atoms with Crippen LogP contribution in [0.3, 0.4) is 0 Å². The van der Waals surface area contributed by atoms with Crippen LogP contribution in [0.5, 0.6) is 5.75 Å². The average Bonchev–Trinajstić information content (AvgIpc) is 2.42. The number of nitrogens with zero attached hydrogens (tertiary/aromatic N) is 1. The van der Waals surface area contributed by atoms with Gasteiger partial charge in [-0.05, 0) is 43.4 Å². The van der Waals surface area contributed by atoms with E-state index in [9.17, 15) is 5.11 Å². The van der Waals surface area contributed by atoms with Crippen molar-refractivity contribution in [2.75, 3.05) is 20.3 Å². The smallest absolute Gasteiger partial charge is 0.118 e. The van der Waals surface area contributed by atoms with Crippen molar-refractivity contribution in [1.82, 2.24) is 4.90 Å². The van der Waals surface area contributed by atoms with Gasteiger partial charge in [0.25, 0.3) is 0 Å². The molecule has 3 heteroatoms. The summed E-state index contributed by atoms with van der Waals surface area (Å²) >= 11 is 0. The maximum absolute atomic E-state index is 9.29. The van der Waals surface area contributed by atoms with Crippen molar-refractivity contribution >= 4 is 0 Å². The van der Waals surface area contributed by atoms with Crippen LogP contribution in [-0.2, 0) is 6.54 Å². The second-order valence-electron chi connectivity index (χ2n) is 5.25. The van der Waals surface area contributed by atoms with Crippen LogP contribution in [0.15, 0.2) is 24.3 Å². The molecule has 1 saturated heterocycles. The summed E-state index contributed by atoms with van der Waals surface area (Å²) in [5.41, 5.74) is 1.31. The highest BCUT2D eigenvalue weighted by Gasteiger charge is 2.24. The third kappa shape index (κ3) is 3.24. The summed E-state index contributed by atoms with van der Waals surface area (Å²) in [6.07, 6.45) is 2.33. The van der Waals surface area contributed by atoms with E-state index in [0.29, 0.717) is 18.6 Å². The highest BCUT2D eigenvalue weighted by atomic mass is 16.5. The number of likely N-dealkylation sites (tertiary alicyclic amines) is 1. The molecule has 1 fully saturated rings. The van der Waals surface area contributed by atoms with Crippen molar-refractivity contribution < 1.29 is 9.84 Å². The normalized spacial score (nSPS) is 25.1. The Hall–Kier alpha value is -1.06. The van der Waals surface area contributed by atoms with Crippen LogP contribution >= 0.6 is 0 Å². The lowest BCUT2D eigenvalue weighted by Gasteiger charge is -2.37. The molecule has 1 heterocycles. The van der Waals surface area contributed by atoms with Gasteiger partial charge in [0.2, 0.25) is 0 Å². The standard InChI is InChI=1S/C15H23NO2/c1-12-3-4-14(11-17)10-16(12)9-13-5-7-15(18-2)8-6-13/h5-8,12,14,17H,3-4,9-11H2,1-2H3/t12-,14-/m1/s1. The predicted octanol–water partition coefficient (Wildman–Crippen LogP) is 2.29. The van der Waals surface area contributed by atoms with Gasteiger partial charge in [-0.2, -0.15) is 0 Å². The van der Waals surface area contributed by atoms with Gasteiger partial charge in [-0.1, -0.05) is 12.1 Å². The SMILES string of the molecule is COc1ccc(CN2C[C@H](CO)CC[C@H]2C)cc1. The molecule has 0 spiro atoms. The Balaban J connectivity index is 1.97. The molecule has 2 rings (SSSR count). The fourth-order valence-electron chi connectivity index (χ4n) is 2.60. The van der Waals surface area contributed by atoms with Gasteiger partial charge in [-0.3, -0.25) is 4.90 Å². The molecule has 0 aromatic heterocycles. The maximum Gasteiger partial charge on any atom is 0.118 e. The topological polar surface area (TPSA) is 32.7 Å². The highest BCUT2D eigenvalue weighted by molar-refractivity contribution is 5.27. The monoisotopic (exact) mass is 249 g/mol. The van der Waals surface area contributed by atoms with E-state index in [0.717, 1.165) is 25.3 Å². The van der Waals surface area contributed by atoms with Crippen molar-refractivity contribution in [3.63, 3.8) is 0 Å². The minimum atomic E-state index is 0.311. The number of rotatable bonds is 4. The molecule has 3 nitrogen and oxygen atoms in total. The Morgan fingerprint density at radius 2 is 2.00 bits per heavy atom. The van der Waals surface area contributed by atoms with E-state index in [1.54, 1.807) is 7.11 Å². The third-order valence-corrected chi connectivity index (χ3v) is 3.91. The highest BCUT2D eigenvalue weighted by Crippen LogP contribution is 2.23. The van der Waals surface area contributed by atoms with E-state index in [1.165, 1.54) is 12.0 Å². The molecule has 18 heavy (non-hydrogen) atoms. The van der Waals surface area contributed by atoms with Crippen molar-refractivity contribution in [3.05, 3.63) is 29.8 Å². The average molecular weight is 249 g/mol. The predicted molar refractivity (Wildman–Crippen MR) is 72.7 cm³/mol. The molecule has 1 aromatic carbocycles. The van der Waals surface area contributed by atoms with Crippen LogP contribution in [0, 0.1) is 5.92 Å². The van der Waals surface area contributed by atoms with Crippen LogP contribution in [0.25, 0.3) is 0 Å². The summed E-state index contributed by atoms with van der Waals surface area (Å²) in [5, 5.41) is 9.29. The molecule has 0 bridgehead atoms. The Kier molecular flexibility index (Phi) is 4.61. The van der Waals surface area contributed by atoms with Crippen molar-refractivity contribution in [1.29, 1.82) is 0 Å². The zero-order valence-corrected chi connectivity index (χ0v) is 11.3. The lowest BCUT2D eigenvalue weighted by Crippen LogP contribution is -2.42. The number of piperidine rings is 1. The molecule has 0 radical (unpaired) electrons. The molecule has 0 unspecified atom stereocenters. The van der Waals surface area contributed by atoms with Crippen molar-refractivity contribution in [2.45, 2.75) is 32.4 Å². The molecule has 0 aliphatic carbocycles. The van der Waals surface area contributed by atoms with E-state index in [4.69, 9.17) is 4.74 Å². The van der Waals surface area contributed by atoms with Crippen LogP contribution in [0.1, 0.15) is 25.3 Å². The van der Waals surface area contributed by atoms with Gasteiger partial charge in [-0.25, -0.2) is 0 Å². The second kappa shape index (κ2) is 6.21. The summed E-state index contributed by atoms with van der Waals surface area (Å²) in [6.45, 7) is 4.55. The van der Waals surface area contributed by atoms with Gasteiger partial charge in [0.05, 0.1) is 7.11 Å². The number of aliphatic hydroxyl groups is 1. The summed E-state index contributed by atoms with van der Waals surface area (Å²) in [6, 6.07) is 8.86. The second-order valence-corrected chi connectivity index (χ2v) is 5.25. The number of benzene rings is 1. The van der Waals surface area contributed by atoms with Crippen LogP contribution in [-0.4, -0.2) is 36.3 Å². The fraction of sp³-hybridized carbons (Fsp3) is 0.600. The summed E-state index contributed by atoms with van der Waals surface area (Å²) in [7, 11) is 1.69. The quantitative estimate of drug-likeness (QED) is 0.888. The third-order valence-electron chi connectivity index (χ3n) is 3.91. The first-order chi connectivity index (χ1) is 8.72. The zero-order valence-electron chi connectivity index (χ0n) is 11.3. The molecule has 2 atom stereocenters. The molecule has 0 amide bonds. The van der Waals surface area contributed by atoms with E-state index in [2.05, 4.69) is 24.0 Å². The van der Waals surface area contributed by atoms with Gasteiger partial charge in [0.15, 0.2) is 0 Å². The number of ether oxygens (including phenoxy) is 1. The molecule has 1 aliphatic heterocycles. The molecular formula is C15H23NO2. The number of aliphatic hydroxyl groups excluding tert-OH is 1. The van der Waals surface area contributed by atoms with Gasteiger partial charge < -0.3 is 9.84 Å². The Labute approximate surface area is 109 Å². The number of methoxy groups -OCH3 is 1. The summed E-state index contributed by atoms with van der Waals surface area (Å²) in [4.78, 5) is 2.46. The first-order valence-corrected chi connectivity index (χ1v) is 6.70. The minimum absolute atomic E-state index is 0.311. The zero-order chi connectivity index (χ0) is 13.0. The number of hydrogen-bond donors (Lipinski definition) is 1. The largest absolute Gasteiger partial charge is 0.497 e. The first-order valence-electron chi connectivity index (χ1n) is 6.70. The van der Waals surface area contributed by atoms with Crippen LogP contribution < -0.4 is 4.74 Å².